The Hall–Kier alpha value is -0.730. The minimum atomic E-state index is -0.298. The molecule has 0 unspecified atom stereocenters. The number of carbonyl (C=O) groups excluding carboxylic acids is 1. The second kappa shape index (κ2) is 12.0. The molecule has 0 aromatic carbocycles. The van der Waals surface area contributed by atoms with Gasteiger partial charge in [0.15, 0.2) is 0 Å². The van der Waals surface area contributed by atoms with Crippen molar-refractivity contribution in [2.45, 2.75) is 97.4 Å². The molecule has 0 aromatic rings. The van der Waals surface area contributed by atoms with Crippen molar-refractivity contribution in [1.82, 2.24) is 5.32 Å². The van der Waals surface area contributed by atoms with Crippen molar-refractivity contribution in [2.24, 2.45) is 0 Å². The fourth-order valence-corrected chi connectivity index (χ4v) is 2.10. The zero-order valence-corrected chi connectivity index (χ0v) is 14.1. The lowest BCUT2D eigenvalue weighted by Gasteiger charge is -2.19. The van der Waals surface area contributed by atoms with E-state index in [0.717, 1.165) is 12.8 Å². The molecule has 0 spiro atoms. The van der Waals surface area contributed by atoms with Gasteiger partial charge < -0.3 is 10.1 Å². The van der Waals surface area contributed by atoms with Crippen molar-refractivity contribution in [3.63, 3.8) is 0 Å². The average molecular weight is 285 g/mol. The number of unbranched alkanes of at least 4 members (excludes halogenated alkanes) is 9. The van der Waals surface area contributed by atoms with Crippen LogP contribution in [0.2, 0.25) is 0 Å². The lowest BCUT2D eigenvalue weighted by molar-refractivity contribution is 0.135. The normalized spacial score (nSPS) is 11.4. The molecule has 0 saturated carbocycles. The molecular formula is C17H35NO2. The average Bonchev–Trinajstić information content (AvgIpc) is 2.34. The molecule has 0 aromatic heterocycles. The number of alkyl carbamates (subject to hydrolysis) is 1. The van der Waals surface area contributed by atoms with Gasteiger partial charge in [0.05, 0.1) is 6.61 Å². The van der Waals surface area contributed by atoms with Crippen LogP contribution in [0.25, 0.3) is 0 Å². The molecule has 20 heavy (non-hydrogen) atoms. The second-order valence-corrected chi connectivity index (χ2v) is 6.69. The van der Waals surface area contributed by atoms with E-state index in [1.165, 1.54) is 51.4 Å². The highest BCUT2D eigenvalue weighted by molar-refractivity contribution is 5.67. The maximum atomic E-state index is 11.4. The monoisotopic (exact) mass is 285 g/mol. The van der Waals surface area contributed by atoms with Gasteiger partial charge in [-0.25, -0.2) is 4.79 Å². The summed E-state index contributed by atoms with van der Waals surface area (Å²) >= 11 is 0. The van der Waals surface area contributed by atoms with E-state index < -0.39 is 0 Å². The van der Waals surface area contributed by atoms with E-state index in [4.69, 9.17) is 4.74 Å². The van der Waals surface area contributed by atoms with Crippen LogP contribution in [-0.4, -0.2) is 18.2 Å². The highest BCUT2D eigenvalue weighted by atomic mass is 16.5. The Balaban J connectivity index is 3.19. The maximum absolute atomic E-state index is 11.4. The van der Waals surface area contributed by atoms with Crippen LogP contribution in [0.3, 0.4) is 0 Å². The van der Waals surface area contributed by atoms with Gasteiger partial charge in [0, 0.05) is 5.54 Å². The van der Waals surface area contributed by atoms with Crippen LogP contribution < -0.4 is 5.32 Å². The molecule has 0 atom stereocenters. The molecule has 120 valence electrons. The molecule has 0 fully saturated rings. The summed E-state index contributed by atoms with van der Waals surface area (Å²) in [5.74, 6) is 0. The van der Waals surface area contributed by atoms with Crippen molar-refractivity contribution in [1.29, 1.82) is 0 Å². The fourth-order valence-electron chi connectivity index (χ4n) is 2.10. The molecule has 3 nitrogen and oxygen atoms in total. The van der Waals surface area contributed by atoms with Gasteiger partial charge in [-0.1, -0.05) is 64.7 Å². The largest absolute Gasteiger partial charge is 0.450 e. The molecule has 0 rings (SSSR count). The Labute approximate surface area is 125 Å². The van der Waals surface area contributed by atoms with Crippen LogP contribution in [0.1, 0.15) is 91.9 Å². The van der Waals surface area contributed by atoms with Crippen LogP contribution in [0.15, 0.2) is 0 Å². The van der Waals surface area contributed by atoms with Gasteiger partial charge in [0.2, 0.25) is 0 Å². The van der Waals surface area contributed by atoms with E-state index in [-0.39, 0.29) is 11.6 Å². The number of hydrogen-bond donors (Lipinski definition) is 1. The lowest BCUT2D eigenvalue weighted by Crippen LogP contribution is -2.41. The molecule has 0 aliphatic carbocycles. The first kappa shape index (κ1) is 19.3. The predicted octanol–water partition coefficient (Wildman–Crippen LogP) is 5.43. The zero-order valence-electron chi connectivity index (χ0n) is 14.1. The molecule has 1 amide bonds. The molecular weight excluding hydrogens is 250 g/mol. The molecule has 0 radical (unpaired) electrons. The first-order chi connectivity index (χ1) is 9.45. The highest BCUT2D eigenvalue weighted by Gasteiger charge is 2.13. The van der Waals surface area contributed by atoms with Crippen molar-refractivity contribution in [2.75, 3.05) is 6.61 Å². The van der Waals surface area contributed by atoms with Gasteiger partial charge >= 0.3 is 6.09 Å². The van der Waals surface area contributed by atoms with Crippen molar-refractivity contribution in [3.05, 3.63) is 0 Å². The molecule has 0 aliphatic heterocycles. The zero-order chi connectivity index (χ0) is 15.3. The summed E-state index contributed by atoms with van der Waals surface area (Å²) in [4.78, 5) is 11.4. The van der Waals surface area contributed by atoms with Crippen LogP contribution in [0.5, 0.6) is 0 Å². The summed E-state index contributed by atoms with van der Waals surface area (Å²) in [5.41, 5.74) is -0.213. The summed E-state index contributed by atoms with van der Waals surface area (Å²) in [6, 6.07) is 0. The Bertz CT molecular complexity index is 234. The molecule has 0 saturated heterocycles. The smallest absolute Gasteiger partial charge is 0.407 e. The van der Waals surface area contributed by atoms with Gasteiger partial charge in [0.25, 0.3) is 0 Å². The number of hydrogen-bond acceptors (Lipinski definition) is 2. The first-order valence-corrected chi connectivity index (χ1v) is 8.40. The summed E-state index contributed by atoms with van der Waals surface area (Å²) in [7, 11) is 0. The van der Waals surface area contributed by atoms with Gasteiger partial charge in [-0.3, -0.25) is 0 Å². The van der Waals surface area contributed by atoms with Gasteiger partial charge in [-0.15, -0.1) is 0 Å². The van der Waals surface area contributed by atoms with Crippen LogP contribution >= 0.6 is 0 Å². The standard InChI is InChI=1S/C17H35NO2/c1-5-6-7-8-9-10-11-12-13-14-15-20-16(19)18-17(2,3)4/h5-15H2,1-4H3,(H,18,19). The van der Waals surface area contributed by atoms with Crippen LogP contribution in [-0.2, 0) is 4.74 Å². The van der Waals surface area contributed by atoms with Crippen molar-refractivity contribution >= 4 is 6.09 Å². The molecule has 0 bridgehead atoms. The topological polar surface area (TPSA) is 38.3 Å². The van der Waals surface area contributed by atoms with E-state index in [1.54, 1.807) is 0 Å². The van der Waals surface area contributed by atoms with Crippen LogP contribution in [0, 0.1) is 0 Å². The molecule has 3 heteroatoms. The third-order valence-electron chi connectivity index (χ3n) is 3.21. The quantitative estimate of drug-likeness (QED) is 0.514. The Morgan fingerprint density at radius 3 is 1.75 bits per heavy atom. The van der Waals surface area contributed by atoms with Gasteiger partial charge in [-0.2, -0.15) is 0 Å². The maximum Gasteiger partial charge on any atom is 0.407 e. The fraction of sp³-hybridized carbons (Fsp3) is 0.941. The Morgan fingerprint density at radius 1 is 0.850 bits per heavy atom. The Morgan fingerprint density at radius 2 is 1.30 bits per heavy atom. The summed E-state index contributed by atoms with van der Waals surface area (Å²) in [6.07, 6.45) is 12.7. The third kappa shape index (κ3) is 15.3. The van der Waals surface area contributed by atoms with Crippen molar-refractivity contribution < 1.29 is 9.53 Å². The van der Waals surface area contributed by atoms with E-state index in [9.17, 15) is 4.79 Å². The Kier molecular flexibility index (Phi) is 11.6. The number of carbonyl (C=O) groups is 1. The predicted molar refractivity (Wildman–Crippen MR) is 86.1 cm³/mol. The number of rotatable bonds is 11. The summed E-state index contributed by atoms with van der Waals surface area (Å²) in [5, 5.41) is 2.79. The van der Waals surface area contributed by atoms with Gasteiger partial charge in [0.1, 0.15) is 0 Å². The molecule has 1 N–H and O–H groups in total. The SMILES string of the molecule is CCCCCCCCCCCCOC(=O)NC(C)(C)C. The van der Waals surface area contributed by atoms with Gasteiger partial charge in [-0.05, 0) is 27.2 Å². The summed E-state index contributed by atoms with van der Waals surface area (Å²) in [6.45, 7) is 8.65. The lowest BCUT2D eigenvalue weighted by atomic mass is 10.1. The van der Waals surface area contributed by atoms with E-state index in [1.807, 2.05) is 20.8 Å². The highest BCUT2D eigenvalue weighted by Crippen LogP contribution is 2.10. The number of amides is 1. The summed E-state index contributed by atoms with van der Waals surface area (Å²) < 4.78 is 5.14. The van der Waals surface area contributed by atoms with E-state index >= 15 is 0 Å². The van der Waals surface area contributed by atoms with E-state index in [2.05, 4.69) is 12.2 Å². The van der Waals surface area contributed by atoms with Crippen LogP contribution in [0.4, 0.5) is 4.79 Å². The molecule has 0 aliphatic rings. The minimum absolute atomic E-state index is 0.213. The first-order valence-electron chi connectivity index (χ1n) is 8.40. The minimum Gasteiger partial charge on any atom is -0.450 e. The number of ether oxygens (including phenoxy) is 1. The van der Waals surface area contributed by atoms with E-state index in [0.29, 0.717) is 6.61 Å². The second-order valence-electron chi connectivity index (χ2n) is 6.69. The third-order valence-corrected chi connectivity index (χ3v) is 3.21. The molecule has 0 heterocycles. The van der Waals surface area contributed by atoms with Crippen molar-refractivity contribution in [3.8, 4) is 0 Å². The number of nitrogens with one attached hydrogen (secondary N) is 1.